The van der Waals surface area contributed by atoms with Crippen molar-refractivity contribution in [3.63, 3.8) is 0 Å². The molecule has 138 valence electrons. The minimum Gasteiger partial charge on any atom is -0.486 e. The maximum atomic E-state index is 5.97. The van der Waals surface area contributed by atoms with Crippen LogP contribution in [0.2, 0.25) is 0 Å². The number of nitrogens with one attached hydrogen (secondary N) is 2. The van der Waals surface area contributed by atoms with Gasteiger partial charge in [-0.3, -0.25) is 9.98 Å². The predicted molar refractivity (Wildman–Crippen MR) is 106 cm³/mol. The minimum absolute atomic E-state index is 0.0716. The second-order valence-electron chi connectivity index (χ2n) is 6.30. The summed E-state index contributed by atoms with van der Waals surface area (Å²) in [5, 5.41) is 7.77. The molecule has 6 nitrogen and oxygen atoms in total. The van der Waals surface area contributed by atoms with Gasteiger partial charge in [0.25, 0.3) is 0 Å². The smallest absolute Gasteiger partial charge is 0.191 e. The van der Waals surface area contributed by atoms with Crippen molar-refractivity contribution >= 4 is 16.9 Å². The van der Waals surface area contributed by atoms with Gasteiger partial charge in [-0.2, -0.15) is 0 Å². The van der Waals surface area contributed by atoms with Crippen LogP contribution in [0.15, 0.2) is 65.8 Å². The number of pyridine rings is 1. The average molecular weight is 362 g/mol. The van der Waals surface area contributed by atoms with Crippen LogP contribution >= 0.6 is 0 Å². The Hall–Kier alpha value is -3.28. The van der Waals surface area contributed by atoms with E-state index in [-0.39, 0.29) is 6.10 Å². The molecule has 1 aromatic heterocycles. The highest BCUT2D eigenvalue weighted by Crippen LogP contribution is 2.30. The van der Waals surface area contributed by atoms with Gasteiger partial charge < -0.3 is 20.1 Å². The molecular formula is C21H22N4O2. The van der Waals surface area contributed by atoms with Gasteiger partial charge in [0, 0.05) is 25.2 Å². The van der Waals surface area contributed by atoms with Gasteiger partial charge in [-0.15, -0.1) is 0 Å². The zero-order chi connectivity index (χ0) is 18.5. The zero-order valence-corrected chi connectivity index (χ0v) is 15.2. The highest BCUT2D eigenvalue weighted by Gasteiger charge is 2.20. The van der Waals surface area contributed by atoms with E-state index in [4.69, 9.17) is 9.47 Å². The van der Waals surface area contributed by atoms with Gasteiger partial charge in [0.2, 0.25) is 0 Å². The van der Waals surface area contributed by atoms with Gasteiger partial charge in [-0.05, 0) is 23.8 Å². The van der Waals surface area contributed by atoms with Gasteiger partial charge in [-0.25, -0.2) is 0 Å². The van der Waals surface area contributed by atoms with E-state index in [1.54, 1.807) is 7.05 Å². The maximum absolute atomic E-state index is 5.97. The molecule has 1 unspecified atom stereocenters. The number of fused-ring (bicyclic) bond motifs is 2. The summed E-state index contributed by atoms with van der Waals surface area (Å²) < 4.78 is 11.7. The molecule has 1 aliphatic heterocycles. The van der Waals surface area contributed by atoms with Crippen LogP contribution in [0.4, 0.5) is 0 Å². The third kappa shape index (κ3) is 3.95. The molecule has 0 fully saturated rings. The second kappa shape index (κ2) is 7.95. The molecule has 2 aromatic carbocycles. The number of hydrogen-bond donors (Lipinski definition) is 2. The fraction of sp³-hybridized carbons (Fsp3) is 0.238. The van der Waals surface area contributed by atoms with E-state index < -0.39 is 0 Å². The largest absolute Gasteiger partial charge is 0.486 e. The molecule has 2 N–H and O–H groups in total. The van der Waals surface area contributed by atoms with Crippen molar-refractivity contribution in [2.45, 2.75) is 12.6 Å². The molecule has 1 atom stereocenters. The highest BCUT2D eigenvalue weighted by molar-refractivity contribution is 5.83. The van der Waals surface area contributed by atoms with E-state index in [1.165, 1.54) is 0 Å². The van der Waals surface area contributed by atoms with Gasteiger partial charge >= 0.3 is 0 Å². The number of guanidine groups is 1. The first kappa shape index (κ1) is 17.1. The third-order valence-corrected chi connectivity index (χ3v) is 4.45. The lowest BCUT2D eigenvalue weighted by molar-refractivity contribution is 0.0936. The Morgan fingerprint density at radius 2 is 1.93 bits per heavy atom. The minimum atomic E-state index is -0.0716. The molecule has 0 spiro atoms. The Morgan fingerprint density at radius 1 is 1.07 bits per heavy atom. The monoisotopic (exact) mass is 362 g/mol. The number of ether oxygens (including phenoxy) is 2. The van der Waals surface area contributed by atoms with E-state index in [9.17, 15) is 0 Å². The van der Waals surface area contributed by atoms with Crippen LogP contribution in [-0.2, 0) is 6.54 Å². The molecule has 0 saturated heterocycles. The van der Waals surface area contributed by atoms with E-state index in [0.717, 1.165) is 28.0 Å². The van der Waals surface area contributed by atoms with Crippen LogP contribution in [0.1, 0.15) is 5.56 Å². The Morgan fingerprint density at radius 3 is 2.81 bits per heavy atom. The van der Waals surface area contributed by atoms with Crippen LogP contribution in [0, 0.1) is 0 Å². The lowest BCUT2D eigenvalue weighted by Crippen LogP contribution is -2.45. The summed E-state index contributed by atoms with van der Waals surface area (Å²) >= 11 is 0. The number of hydrogen-bond acceptors (Lipinski definition) is 4. The number of benzene rings is 2. The molecule has 0 bridgehead atoms. The van der Waals surface area contributed by atoms with Crippen LogP contribution in [0.25, 0.3) is 10.9 Å². The van der Waals surface area contributed by atoms with Gasteiger partial charge in [0.1, 0.15) is 12.7 Å². The van der Waals surface area contributed by atoms with Gasteiger partial charge in [0.05, 0.1) is 12.1 Å². The number of rotatable bonds is 4. The molecule has 0 radical (unpaired) electrons. The topological polar surface area (TPSA) is 67.8 Å². The first-order valence-electron chi connectivity index (χ1n) is 8.99. The normalized spacial score (nSPS) is 16.2. The highest BCUT2D eigenvalue weighted by atomic mass is 16.6. The molecule has 6 heteroatoms. The van der Waals surface area contributed by atoms with E-state index in [2.05, 4.69) is 38.8 Å². The van der Waals surface area contributed by atoms with Crippen molar-refractivity contribution in [1.29, 1.82) is 0 Å². The van der Waals surface area contributed by atoms with Crippen molar-refractivity contribution in [3.8, 4) is 11.5 Å². The molecule has 0 aliphatic carbocycles. The van der Waals surface area contributed by atoms with Crippen LogP contribution < -0.4 is 20.1 Å². The summed E-state index contributed by atoms with van der Waals surface area (Å²) in [5.74, 6) is 2.28. The predicted octanol–water partition coefficient (Wildman–Crippen LogP) is 2.74. The molecule has 3 aromatic rings. The van der Waals surface area contributed by atoms with E-state index in [0.29, 0.717) is 25.7 Å². The standard InChI is InChI=1S/C21H22N4O2/c1-22-21(24-12-16-7-4-6-15-8-5-11-23-20(15)16)25-13-17-14-26-18-9-2-3-10-19(18)27-17/h2-11,17H,12-14H2,1H3,(H2,22,24,25). The summed E-state index contributed by atoms with van der Waals surface area (Å²) in [4.78, 5) is 8.78. The van der Waals surface area contributed by atoms with Crippen molar-refractivity contribution in [2.24, 2.45) is 4.99 Å². The lowest BCUT2D eigenvalue weighted by atomic mass is 10.1. The van der Waals surface area contributed by atoms with Crippen molar-refractivity contribution in [3.05, 3.63) is 66.4 Å². The Balaban J connectivity index is 1.34. The number of aliphatic imine (C=N–C) groups is 1. The third-order valence-electron chi connectivity index (χ3n) is 4.45. The second-order valence-corrected chi connectivity index (χ2v) is 6.30. The van der Waals surface area contributed by atoms with Crippen LogP contribution in [-0.4, -0.2) is 37.2 Å². The van der Waals surface area contributed by atoms with E-state index in [1.807, 2.05) is 42.6 Å². The molecule has 27 heavy (non-hydrogen) atoms. The molecule has 1 aliphatic rings. The van der Waals surface area contributed by atoms with Crippen molar-refractivity contribution < 1.29 is 9.47 Å². The van der Waals surface area contributed by atoms with E-state index >= 15 is 0 Å². The summed E-state index contributed by atoms with van der Waals surface area (Å²) in [6, 6.07) is 17.9. The van der Waals surface area contributed by atoms with Crippen LogP contribution in [0.3, 0.4) is 0 Å². The summed E-state index contributed by atoms with van der Waals surface area (Å²) in [7, 11) is 1.75. The lowest BCUT2D eigenvalue weighted by Gasteiger charge is -2.27. The molecule has 4 rings (SSSR count). The van der Waals surface area contributed by atoms with Crippen molar-refractivity contribution in [1.82, 2.24) is 15.6 Å². The first-order valence-corrected chi connectivity index (χ1v) is 8.99. The Bertz CT molecular complexity index is 952. The SMILES string of the molecule is CN=C(NCc1cccc2cccnc12)NCC1COc2ccccc2O1. The maximum Gasteiger partial charge on any atom is 0.191 e. The number of nitrogens with zero attached hydrogens (tertiary/aromatic N) is 2. The van der Waals surface area contributed by atoms with Crippen LogP contribution in [0.5, 0.6) is 11.5 Å². The van der Waals surface area contributed by atoms with Crippen molar-refractivity contribution in [2.75, 3.05) is 20.2 Å². The molecular weight excluding hydrogens is 340 g/mol. The van der Waals surface area contributed by atoms with Gasteiger partial charge in [0.15, 0.2) is 17.5 Å². The summed E-state index contributed by atoms with van der Waals surface area (Å²) in [5.41, 5.74) is 2.13. The Labute approximate surface area is 158 Å². The summed E-state index contributed by atoms with van der Waals surface area (Å²) in [6.07, 6.45) is 1.75. The Kier molecular flexibility index (Phi) is 5.05. The molecule has 2 heterocycles. The number of para-hydroxylation sites is 3. The zero-order valence-electron chi connectivity index (χ0n) is 15.2. The molecule has 0 saturated carbocycles. The summed E-state index contributed by atoms with van der Waals surface area (Å²) in [6.45, 7) is 1.74. The average Bonchev–Trinajstić information content (AvgIpc) is 2.74. The fourth-order valence-electron chi connectivity index (χ4n) is 3.08. The first-order chi connectivity index (χ1) is 13.3. The van der Waals surface area contributed by atoms with Gasteiger partial charge in [-0.1, -0.05) is 36.4 Å². The molecule has 0 amide bonds. The number of aromatic nitrogens is 1. The fourth-order valence-corrected chi connectivity index (χ4v) is 3.08. The quantitative estimate of drug-likeness (QED) is 0.552.